The summed E-state index contributed by atoms with van der Waals surface area (Å²) in [4.78, 5) is 0. The third kappa shape index (κ3) is 3.79. The van der Waals surface area contributed by atoms with E-state index in [0.717, 1.165) is 0 Å². The van der Waals surface area contributed by atoms with Crippen LogP contribution in [0, 0.1) is 0 Å². The van der Waals surface area contributed by atoms with Gasteiger partial charge in [-0.3, -0.25) is 0 Å². The van der Waals surface area contributed by atoms with Crippen LogP contribution in [0.15, 0.2) is 48.5 Å². The molecule has 0 aromatic heterocycles. The Bertz CT molecular complexity index is 398. The lowest BCUT2D eigenvalue weighted by atomic mass is 10.3. The number of rotatable bonds is 0. The molecule has 0 bridgehead atoms. The molecule has 2 rings (SSSR count). The first-order valence-electron chi connectivity index (χ1n) is 4.74. The maximum atomic E-state index is 8.70. The number of nitrogen functional groups attached to an aromatic ring is 3. The lowest BCUT2D eigenvalue weighted by molar-refractivity contribution is 0.475. The number of hydrogen-bond acceptors (Lipinski definition) is 4. The highest BCUT2D eigenvalue weighted by Gasteiger charge is 1.85. The number of benzene rings is 2. The van der Waals surface area contributed by atoms with Crippen molar-refractivity contribution in [2.24, 2.45) is 0 Å². The number of para-hydroxylation sites is 2. The van der Waals surface area contributed by atoms with Gasteiger partial charge in [-0.1, -0.05) is 12.1 Å². The van der Waals surface area contributed by atoms with Gasteiger partial charge in [-0.2, -0.15) is 0 Å². The number of anilines is 3. The molecule has 0 spiro atoms. The Morgan fingerprint density at radius 1 is 0.688 bits per heavy atom. The van der Waals surface area contributed by atoms with Gasteiger partial charge in [-0.15, -0.1) is 0 Å². The van der Waals surface area contributed by atoms with Crippen LogP contribution in [0.3, 0.4) is 0 Å². The van der Waals surface area contributed by atoms with Crippen LogP contribution in [0.2, 0.25) is 0 Å². The molecule has 0 unspecified atom stereocenters. The summed E-state index contributed by atoms with van der Waals surface area (Å²) in [5.74, 6) is 0.249. The Balaban J connectivity index is 0.000000160. The van der Waals surface area contributed by atoms with Crippen LogP contribution in [0.4, 0.5) is 17.1 Å². The molecule has 16 heavy (non-hydrogen) atoms. The zero-order chi connectivity index (χ0) is 12.0. The fourth-order valence-corrected chi connectivity index (χ4v) is 0.985. The Morgan fingerprint density at radius 3 is 1.44 bits per heavy atom. The van der Waals surface area contributed by atoms with Gasteiger partial charge in [0.1, 0.15) is 5.75 Å². The Kier molecular flexibility index (Phi) is 4.03. The van der Waals surface area contributed by atoms with Gasteiger partial charge in [0, 0.05) is 5.69 Å². The molecule has 0 aliphatic carbocycles. The summed E-state index contributed by atoms with van der Waals surface area (Å²) in [6.45, 7) is 0. The molecule has 2 aromatic rings. The summed E-state index contributed by atoms with van der Waals surface area (Å²) >= 11 is 0. The summed E-state index contributed by atoms with van der Waals surface area (Å²) < 4.78 is 0. The average Bonchev–Trinajstić information content (AvgIpc) is 2.28. The van der Waals surface area contributed by atoms with Crippen LogP contribution in [-0.4, -0.2) is 5.11 Å². The van der Waals surface area contributed by atoms with Crippen LogP contribution in [0.5, 0.6) is 5.75 Å². The standard InChI is InChI=1S/C6H8N2.C6H7NO/c7-5-3-1-2-4-6(5)8;7-5-1-3-6(8)4-2-5/h1-4H,7-8H2;1-4,8H,7H2. The molecule has 0 atom stereocenters. The first-order chi connectivity index (χ1) is 7.59. The Labute approximate surface area is 94.3 Å². The van der Waals surface area contributed by atoms with Gasteiger partial charge in [-0.05, 0) is 36.4 Å². The summed E-state index contributed by atoms with van der Waals surface area (Å²) in [6, 6.07) is 13.7. The quantitative estimate of drug-likeness (QED) is 0.399. The minimum atomic E-state index is 0.249. The third-order valence-corrected chi connectivity index (χ3v) is 1.89. The van der Waals surface area contributed by atoms with E-state index in [1.54, 1.807) is 36.4 Å². The lowest BCUT2D eigenvalue weighted by Crippen LogP contribution is -1.91. The molecular weight excluding hydrogens is 202 g/mol. The molecule has 0 saturated heterocycles. The SMILES string of the molecule is Nc1ccc(O)cc1.Nc1ccccc1N. The lowest BCUT2D eigenvalue weighted by Gasteiger charge is -1.94. The number of phenols is 1. The molecule has 0 aliphatic rings. The van der Waals surface area contributed by atoms with Crippen LogP contribution in [0.25, 0.3) is 0 Å². The van der Waals surface area contributed by atoms with Crippen LogP contribution in [0.1, 0.15) is 0 Å². The van der Waals surface area contributed by atoms with Crippen molar-refractivity contribution in [3.8, 4) is 5.75 Å². The summed E-state index contributed by atoms with van der Waals surface area (Å²) in [6.07, 6.45) is 0. The first kappa shape index (κ1) is 11.7. The molecule has 4 nitrogen and oxygen atoms in total. The molecule has 0 aliphatic heterocycles. The highest BCUT2D eigenvalue weighted by Crippen LogP contribution is 2.10. The van der Waals surface area contributed by atoms with E-state index in [1.165, 1.54) is 0 Å². The van der Waals surface area contributed by atoms with Crippen molar-refractivity contribution in [1.29, 1.82) is 0 Å². The van der Waals surface area contributed by atoms with Crippen molar-refractivity contribution in [2.45, 2.75) is 0 Å². The normalized spacial score (nSPS) is 9.00. The van der Waals surface area contributed by atoms with Crippen molar-refractivity contribution in [2.75, 3.05) is 17.2 Å². The second kappa shape index (κ2) is 5.50. The van der Waals surface area contributed by atoms with Crippen molar-refractivity contribution in [3.63, 3.8) is 0 Å². The molecule has 7 N–H and O–H groups in total. The fraction of sp³-hybridized carbons (Fsp3) is 0. The van der Waals surface area contributed by atoms with E-state index in [2.05, 4.69) is 0 Å². The highest BCUT2D eigenvalue weighted by molar-refractivity contribution is 5.62. The van der Waals surface area contributed by atoms with E-state index < -0.39 is 0 Å². The van der Waals surface area contributed by atoms with Gasteiger partial charge < -0.3 is 22.3 Å². The Morgan fingerprint density at radius 2 is 1.12 bits per heavy atom. The molecule has 0 heterocycles. The van der Waals surface area contributed by atoms with Gasteiger partial charge in [0.2, 0.25) is 0 Å². The summed E-state index contributed by atoms with van der Waals surface area (Å²) in [5, 5.41) is 8.70. The second-order valence-corrected chi connectivity index (χ2v) is 3.22. The summed E-state index contributed by atoms with van der Waals surface area (Å²) in [5.41, 5.74) is 18.1. The molecule has 4 heteroatoms. The molecule has 0 radical (unpaired) electrons. The predicted molar refractivity (Wildman–Crippen MR) is 67.8 cm³/mol. The topological polar surface area (TPSA) is 98.3 Å². The third-order valence-electron chi connectivity index (χ3n) is 1.89. The maximum Gasteiger partial charge on any atom is 0.115 e. The molecule has 0 fully saturated rings. The minimum absolute atomic E-state index is 0.249. The van der Waals surface area contributed by atoms with Crippen LogP contribution < -0.4 is 17.2 Å². The highest BCUT2D eigenvalue weighted by atomic mass is 16.3. The van der Waals surface area contributed by atoms with Gasteiger partial charge in [-0.25, -0.2) is 0 Å². The van der Waals surface area contributed by atoms with Gasteiger partial charge in [0.15, 0.2) is 0 Å². The van der Waals surface area contributed by atoms with Crippen molar-refractivity contribution in [1.82, 2.24) is 0 Å². The number of phenolic OH excluding ortho intramolecular Hbond substituents is 1. The van der Waals surface area contributed by atoms with Crippen LogP contribution in [-0.2, 0) is 0 Å². The number of hydrogen-bond donors (Lipinski definition) is 4. The van der Waals surface area contributed by atoms with Gasteiger partial charge in [0.25, 0.3) is 0 Å². The fourth-order valence-electron chi connectivity index (χ4n) is 0.985. The molecule has 0 amide bonds. The monoisotopic (exact) mass is 217 g/mol. The van der Waals surface area contributed by atoms with E-state index >= 15 is 0 Å². The average molecular weight is 217 g/mol. The number of aromatic hydroxyl groups is 1. The largest absolute Gasteiger partial charge is 0.508 e. The Hall–Kier alpha value is -2.36. The van der Waals surface area contributed by atoms with Gasteiger partial charge in [0.05, 0.1) is 11.4 Å². The van der Waals surface area contributed by atoms with E-state index in [4.69, 9.17) is 22.3 Å². The van der Waals surface area contributed by atoms with E-state index in [9.17, 15) is 0 Å². The second-order valence-electron chi connectivity index (χ2n) is 3.22. The van der Waals surface area contributed by atoms with E-state index in [0.29, 0.717) is 17.1 Å². The van der Waals surface area contributed by atoms with E-state index in [-0.39, 0.29) is 5.75 Å². The predicted octanol–water partition coefficient (Wildman–Crippen LogP) is 1.83. The van der Waals surface area contributed by atoms with Crippen molar-refractivity contribution >= 4 is 17.1 Å². The smallest absolute Gasteiger partial charge is 0.115 e. The zero-order valence-corrected chi connectivity index (χ0v) is 8.80. The molecule has 0 saturated carbocycles. The zero-order valence-electron chi connectivity index (χ0n) is 8.80. The molecular formula is C12H15N3O. The minimum Gasteiger partial charge on any atom is -0.508 e. The molecule has 2 aromatic carbocycles. The first-order valence-corrected chi connectivity index (χ1v) is 4.74. The summed E-state index contributed by atoms with van der Waals surface area (Å²) in [7, 11) is 0. The maximum absolute atomic E-state index is 8.70. The van der Waals surface area contributed by atoms with E-state index in [1.807, 2.05) is 12.1 Å². The number of nitrogens with two attached hydrogens (primary N) is 3. The van der Waals surface area contributed by atoms with Crippen molar-refractivity contribution in [3.05, 3.63) is 48.5 Å². The van der Waals surface area contributed by atoms with Gasteiger partial charge >= 0.3 is 0 Å². The van der Waals surface area contributed by atoms with Crippen LogP contribution >= 0.6 is 0 Å². The van der Waals surface area contributed by atoms with Crippen molar-refractivity contribution < 1.29 is 5.11 Å². The molecule has 84 valence electrons.